The molecule has 0 N–H and O–H groups in total. The van der Waals surface area contributed by atoms with Crippen LogP contribution < -0.4 is 4.90 Å². The summed E-state index contributed by atoms with van der Waals surface area (Å²) in [5, 5.41) is 1.18. The highest BCUT2D eigenvalue weighted by Crippen LogP contribution is 2.31. The fourth-order valence-electron chi connectivity index (χ4n) is 3.86. The lowest BCUT2D eigenvalue weighted by Crippen LogP contribution is -2.37. The largest absolute Gasteiger partial charge is 0.377 e. The average Bonchev–Trinajstić information content (AvgIpc) is 3.48. The number of anilines is 1. The van der Waals surface area contributed by atoms with Crippen molar-refractivity contribution in [2.24, 2.45) is 0 Å². The molecule has 1 aliphatic rings. The van der Waals surface area contributed by atoms with Crippen molar-refractivity contribution in [2.45, 2.75) is 23.8 Å². The zero-order valence-electron chi connectivity index (χ0n) is 20.0. The minimum absolute atomic E-state index is 0.0791. The molecule has 0 radical (unpaired) electrons. The first-order valence-electron chi connectivity index (χ1n) is 11.4. The quantitative estimate of drug-likeness (QED) is 0.412. The highest BCUT2D eigenvalue weighted by molar-refractivity contribution is 7.89. The molecule has 0 aliphatic carbocycles. The Morgan fingerprint density at radius 1 is 1.14 bits per heavy atom. The van der Waals surface area contributed by atoms with E-state index >= 15 is 0 Å². The van der Waals surface area contributed by atoms with Gasteiger partial charge in [-0.1, -0.05) is 22.9 Å². The van der Waals surface area contributed by atoms with Crippen molar-refractivity contribution in [1.82, 2.24) is 14.2 Å². The summed E-state index contributed by atoms with van der Waals surface area (Å²) in [5.74, 6) is -0.242. The minimum Gasteiger partial charge on any atom is -0.377 e. The molecule has 3 aromatic rings. The smallest absolute Gasteiger partial charge is 0.260 e. The van der Waals surface area contributed by atoms with Gasteiger partial charge < -0.3 is 9.64 Å². The molecule has 2 heterocycles. The number of carbonyl (C=O) groups excluding carboxylic acids is 1. The maximum atomic E-state index is 13.5. The molecule has 0 spiro atoms. The standard InChI is InChI=1S/C24H29ClN4O4S2/c1-27(2)12-13-29(24-26-21-11-8-18(25)15-22(21)34-24)23(30)17-6-9-20(10-7-17)35(31,32)28(3)16-19-5-4-14-33-19/h6-11,15,19H,4-5,12-14,16H2,1-3H3/t19-/m1/s1. The normalized spacial score (nSPS) is 16.5. The summed E-state index contributed by atoms with van der Waals surface area (Å²) in [7, 11) is 1.74. The number of rotatable bonds is 9. The summed E-state index contributed by atoms with van der Waals surface area (Å²) in [6, 6.07) is 11.5. The summed E-state index contributed by atoms with van der Waals surface area (Å²) in [6.45, 7) is 2.05. The van der Waals surface area contributed by atoms with Gasteiger partial charge in [-0.05, 0) is 69.4 Å². The molecule has 1 atom stereocenters. The third-order valence-electron chi connectivity index (χ3n) is 5.88. The first-order chi connectivity index (χ1) is 16.6. The number of likely N-dealkylation sites (N-methyl/N-ethyl adjacent to an activating group) is 2. The summed E-state index contributed by atoms with van der Waals surface area (Å²) >= 11 is 7.52. The van der Waals surface area contributed by atoms with Gasteiger partial charge in [0.25, 0.3) is 5.91 Å². The van der Waals surface area contributed by atoms with Gasteiger partial charge in [0.1, 0.15) is 0 Å². The molecule has 1 aliphatic heterocycles. The fourth-order valence-corrected chi connectivity index (χ4v) is 6.33. The van der Waals surface area contributed by atoms with Gasteiger partial charge in [-0.25, -0.2) is 13.4 Å². The second kappa shape index (κ2) is 10.9. The van der Waals surface area contributed by atoms with Gasteiger partial charge in [0.05, 0.1) is 21.2 Å². The van der Waals surface area contributed by atoms with Crippen molar-refractivity contribution in [1.29, 1.82) is 0 Å². The monoisotopic (exact) mass is 536 g/mol. The van der Waals surface area contributed by atoms with Crippen LogP contribution in [-0.2, 0) is 14.8 Å². The summed E-state index contributed by atoms with van der Waals surface area (Å²) in [5.41, 5.74) is 1.16. The van der Waals surface area contributed by atoms with E-state index in [1.54, 1.807) is 30.1 Å². The molecule has 8 nitrogen and oxygen atoms in total. The number of nitrogens with zero attached hydrogens (tertiary/aromatic N) is 4. The van der Waals surface area contributed by atoms with Crippen molar-refractivity contribution in [3.8, 4) is 0 Å². The molecule has 1 aromatic heterocycles. The Morgan fingerprint density at radius 3 is 2.54 bits per heavy atom. The molecule has 1 amide bonds. The molecular weight excluding hydrogens is 508 g/mol. The lowest BCUT2D eigenvalue weighted by molar-refractivity contribution is 0.0978. The van der Waals surface area contributed by atoms with E-state index in [1.807, 2.05) is 31.1 Å². The lowest BCUT2D eigenvalue weighted by atomic mass is 10.2. The van der Waals surface area contributed by atoms with Crippen molar-refractivity contribution in [3.05, 3.63) is 53.1 Å². The van der Waals surface area contributed by atoms with Crippen molar-refractivity contribution in [3.63, 3.8) is 0 Å². The van der Waals surface area contributed by atoms with Crippen LogP contribution in [0.4, 0.5) is 5.13 Å². The molecule has 11 heteroatoms. The third kappa shape index (κ3) is 6.02. The van der Waals surface area contributed by atoms with Crippen molar-refractivity contribution >= 4 is 54.2 Å². The molecule has 0 bridgehead atoms. The van der Waals surface area contributed by atoms with Gasteiger partial charge >= 0.3 is 0 Å². The fraction of sp³-hybridized carbons (Fsp3) is 0.417. The molecule has 2 aromatic carbocycles. The van der Waals surface area contributed by atoms with Gasteiger partial charge in [0.2, 0.25) is 10.0 Å². The van der Waals surface area contributed by atoms with Crippen LogP contribution in [0.25, 0.3) is 10.2 Å². The number of hydrogen-bond donors (Lipinski definition) is 0. The molecule has 188 valence electrons. The number of halogens is 1. The maximum absolute atomic E-state index is 13.5. The highest BCUT2D eigenvalue weighted by Gasteiger charge is 2.27. The van der Waals surface area contributed by atoms with E-state index in [0.717, 1.165) is 23.1 Å². The summed E-state index contributed by atoms with van der Waals surface area (Å²) in [4.78, 5) is 21.9. The van der Waals surface area contributed by atoms with Crippen molar-refractivity contribution < 1.29 is 17.9 Å². The number of hydrogen-bond acceptors (Lipinski definition) is 7. The number of sulfonamides is 1. The molecule has 0 saturated carbocycles. The Morgan fingerprint density at radius 2 is 1.89 bits per heavy atom. The Labute approximate surface area is 215 Å². The highest BCUT2D eigenvalue weighted by atomic mass is 35.5. The predicted octanol–water partition coefficient (Wildman–Crippen LogP) is 3.96. The lowest BCUT2D eigenvalue weighted by Gasteiger charge is -2.22. The second-order valence-electron chi connectivity index (χ2n) is 8.81. The van der Waals surface area contributed by atoms with Gasteiger partial charge in [-0.2, -0.15) is 4.31 Å². The molecule has 0 unspecified atom stereocenters. The number of carbonyl (C=O) groups is 1. The van der Waals surface area contributed by atoms with E-state index in [-0.39, 0.29) is 16.9 Å². The van der Waals surface area contributed by atoms with Crippen LogP contribution in [0, 0.1) is 0 Å². The van der Waals surface area contributed by atoms with Crippen LogP contribution in [-0.4, -0.2) is 82.0 Å². The Bertz CT molecular complexity index is 1290. The molecule has 4 rings (SSSR count). The Balaban J connectivity index is 1.56. The van der Waals surface area contributed by atoms with Gasteiger partial charge in [0.15, 0.2) is 5.13 Å². The maximum Gasteiger partial charge on any atom is 0.260 e. The van der Waals surface area contributed by atoms with Crippen LogP contribution >= 0.6 is 22.9 Å². The van der Waals surface area contributed by atoms with Crippen LogP contribution in [0.3, 0.4) is 0 Å². The number of fused-ring (bicyclic) bond motifs is 1. The molecule has 1 saturated heterocycles. The van der Waals surface area contributed by atoms with Crippen LogP contribution in [0.5, 0.6) is 0 Å². The molecule has 35 heavy (non-hydrogen) atoms. The van der Waals surface area contributed by atoms with Gasteiger partial charge in [-0.15, -0.1) is 0 Å². The number of amides is 1. The SMILES string of the molecule is CN(C)CCN(C(=O)c1ccc(S(=O)(=O)N(C)C[C@H]2CCCO2)cc1)c1nc2ccc(Cl)cc2s1. The number of benzene rings is 2. The van der Waals surface area contributed by atoms with Crippen LogP contribution in [0.2, 0.25) is 5.02 Å². The van der Waals surface area contributed by atoms with Gasteiger partial charge in [-0.3, -0.25) is 9.69 Å². The van der Waals surface area contributed by atoms with E-state index in [4.69, 9.17) is 16.3 Å². The second-order valence-corrected chi connectivity index (χ2v) is 12.3. The zero-order valence-corrected chi connectivity index (χ0v) is 22.4. The minimum atomic E-state index is -3.69. The van der Waals surface area contributed by atoms with Crippen molar-refractivity contribution in [2.75, 3.05) is 52.3 Å². The van der Waals surface area contributed by atoms with Crippen LogP contribution in [0.1, 0.15) is 23.2 Å². The topological polar surface area (TPSA) is 83.1 Å². The Kier molecular flexibility index (Phi) is 8.09. The summed E-state index contributed by atoms with van der Waals surface area (Å²) in [6.07, 6.45) is 1.72. The van der Waals surface area contributed by atoms with Gasteiger partial charge in [0, 0.05) is 43.9 Å². The van der Waals surface area contributed by atoms with E-state index in [1.165, 1.54) is 27.8 Å². The third-order valence-corrected chi connectivity index (χ3v) is 8.99. The summed E-state index contributed by atoms with van der Waals surface area (Å²) < 4.78 is 33.8. The first kappa shape index (κ1) is 26.0. The van der Waals surface area contributed by atoms with E-state index < -0.39 is 10.0 Å². The zero-order chi connectivity index (χ0) is 25.2. The number of ether oxygens (including phenoxy) is 1. The van der Waals surface area contributed by atoms with E-state index in [9.17, 15) is 13.2 Å². The van der Waals surface area contributed by atoms with E-state index in [2.05, 4.69) is 4.98 Å². The average molecular weight is 537 g/mol. The predicted molar refractivity (Wildman–Crippen MR) is 140 cm³/mol. The van der Waals surface area contributed by atoms with E-state index in [0.29, 0.717) is 42.0 Å². The number of thiazole rings is 1. The first-order valence-corrected chi connectivity index (χ1v) is 14.0. The molecule has 1 fully saturated rings. The Hall–Kier alpha value is -2.08. The number of aromatic nitrogens is 1. The van der Waals surface area contributed by atoms with Crippen LogP contribution in [0.15, 0.2) is 47.4 Å². The molecular formula is C24H29ClN4O4S2.